The lowest BCUT2D eigenvalue weighted by molar-refractivity contribution is -0.117. The molecule has 2 aliphatic rings. The van der Waals surface area contributed by atoms with Crippen molar-refractivity contribution in [2.45, 2.75) is 33.1 Å². The predicted molar refractivity (Wildman–Crippen MR) is 112 cm³/mol. The second-order valence-corrected chi connectivity index (χ2v) is 8.64. The molecule has 4 rings (SSSR count). The standard InChI is InChI=1S/C20H21N3O3S2/c1-11-16(5-3-4-15(23-11)19(25)21-8-9-24)26-20-17-14(12(2)27-20)7-6-13-10-22-28-18(13)17/h4-5,10,24H,3,6-9H2,1-2H3,(H,21,25). The van der Waals surface area contributed by atoms with Crippen molar-refractivity contribution in [3.05, 3.63) is 45.8 Å². The molecule has 0 saturated heterocycles. The number of amides is 1. The maximum atomic E-state index is 12.2. The van der Waals surface area contributed by atoms with Gasteiger partial charge in [0.2, 0.25) is 0 Å². The molecule has 0 fully saturated rings. The number of allylic oxidation sites excluding steroid dienone is 3. The van der Waals surface area contributed by atoms with E-state index in [9.17, 15) is 4.79 Å². The summed E-state index contributed by atoms with van der Waals surface area (Å²) in [7, 11) is 0. The molecule has 0 atom stereocenters. The van der Waals surface area contributed by atoms with Crippen molar-refractivity contribution < 1.29 is 14.6 Å². The number of fused-ring (bicyclic) bond motifs is 3. The number of ether oxygens (including phenoxy) is 1. The molecule has 0 aromatic carbocycles. The van der Waals surface area contributed by atoms with E-state index in [0.717, 1.165) is 23.5 Å². The summed E-state index contributed by atoms with van der Waals surface area (Å²) in [5.74, 6) is 0.378. The third-order valence-corrected chi connectivity index (χ3v) is 6.67. The zero-order chi connectivity index (χ0) is 19.7. The van der Waals surface area contributed by atoms with Crippen LogP contribution in [-0.2, 0) is 17.6 Å². The summed E-state index contributed by atoms with van der Waals surface area (Å²) >= 11 is 3.17. The van der Waals surface area contributed by atoms with Crippen LogP contribution in [-0.4, -0.2) is 34.3 Å². The van der Waals surface area contributed by atoms with Crippen LogP contribution in [0.25, 0.3) is 10.4 Å². The first kappa shape index (κ1) is 19.0. The fourth-order valence-corrected chi connectivity index (χ4v) is 5.38. The Morgan fingerprint density at radius 2 is 2.18 bits per heavy atom. The van der Waals surface area contributed by atoms with Crippen molar-refractivity contribution in [3.8, 4) is 15.5 Å². The number of nitrogens with zero attached hydrogens (tertiary/aromatic N) is 2. The van der Waals surface area contributed by atoms with Gasteiger partial charge in [-0.25, -0.2) is 9.37 Å². The van der Waals surface area contributed by atoms with Crippen molar-refractivity contribution in [3.63, 3.8) is 0 Å². The third-order valence-electron chi connectivity index (χ3n) is 4.78. The fourth-order valence-electron chi connectivity index (χ4n) is 3.38. The number of nitrogens with one attached hydrogen (secondary N) is 1. The first-order chi connectivity index (χ1) is 13.6. The average Bonchev–Trinajstić information content (AvgIpc) is 3.23. The average molecular weight is 416 g/mol. The molecule has 8 heteroatoms. The highest BCUT2D eigenvalue weighted by Crippen LogP contribution is 2.49. The lowest BCUT2D eigenvalue weighted by Gasteiger charge is -2.15. The zero-order valence-corrected chi connectivity index (χ0v) is 17.4. The van der Waals surface area contributed by atoms with E-state index in [4.69, 9.17) is 9.84 Å². The summed E-state index contributed by atoms with van der Waals surface area (Å²) in [6.45, 7) is 4.08. The van der Waals surface area contributed by atoms with Crippen LogP contribution in [0.4, 0.5) is 0 Å². The second kappa shape index (κ2) is 7.98. The van der Waals surface area contributed by atoms with Gasteiger partial charge in [0.05, 0.1) is 22.8 Å². The van der Waals surface area contributed by atoms with E-state index < -0.39 is 0 Å². The Kier molecular flexibility index (Phi) is 5.43. The number of thiophene rings is 1. The molecule has 1 amide bonds. The van der Waals surface area contributed by atoms with Gasteiger partial charge >= 0.3 is 0 Å². The molecule has 2 N–H and O–H groups in total. The van der Waals surface area contributed by atoms with Gasteiger partial charge in [-0.15, -0.1) is 11.3 Å². The lowest BCUT2D eigenvalue weighted by atomic mass is 9.94. The molecule has 0 unspecified atom stereocenters. The molecule has 28 heavy (non-hydrogen) atoms. The van der Waals surface area contributed by atoms with Crippen LogP contribution < -0.4 is 10.1 Å². The molecule has 2 aromatic rings. The minimum atomic E-state index is -0.290. The maximum Gasteiger partial charge on any atom is 0.269 e. The summed E-state index contributed by atoms with van der Waals surface area (Å²) in [6.07, 6.45) is 8.26. The van der Waals surface area contributed by atoms with E-state index in [1.165, 1.54) is 32.4 Å². The SMILES string of the molecule is CC1=NC(C(=O)NCCO)=CCC=C1Oc1sc(C)c2c1-c1sncc1CC2. The lowest BCUT2D eigenvalue weighted by Crippen LogP contribution is -2.27. The fraction of sp³-hybridized carbons (Fsp3) is 0.350. The smallest absolute Gasteiger partial charge is 0.269 e. The van der Waals surface area contributed by atoms with Gasteiger partial charge in [0.25, 0.3) is 5.91 Å². The van der Waals surface area contributed by atoms with Crippen LogP contribution in [0, 0.1) is 6.92 Å². The number of aromatic nitrogens is 1. The van der Waals surface area contributed by atoms with Crippen molar-refractivity contribution in [2.75, 3.05) is 13.2 Å². The molecule has 146 valence electrons. The summed E-state index contributed by atoms with van der Waals surface area (Å²) in [5.41, 5.74) is 4.80. The quantitative estimate of drug-likeness (QED) is 0.784. The van der Waals surface area contributed by atoms with Crippen LogP contribution >= 0.6 is 22.9 Å². The van der Waals surface area contributed by atoms with Crippen molar-refractivity contribution in [2.24, 2.45) is 4.99 Å². The molecule has 2 aromatic heterocycles. The molecule has 0 bridgehead atoms. The minimum Gasteiger partial charge on any atom is -0.444 e. The van der Waals surface area contributed by atoms with Crippen LogP contribution in [0.2, 0.25) is 0 Å². The second-order valence-electron chi connectivity index (χ2n) is 6.65. The highest BCUT2D eigenvalue weighted by Gasteiger charge is 2.27. The molecule has 1 aliphatic carbocycles. The van der Waals surface area contributed by atoms with Gasteiger partial charge < -0.3 is 15.2 Å². The summed E-state index contributed by atoms with van der Waals surface area (Å²) < 4.78 is 10.7. The molecule has 6 nitrogen and oxygen atoms in total. The summed E-state index contributed by atoms with van der Waals surface area (Å²) in [4.78, 5) is 19.1. The Hall–Kier alpha value is -2.29. The Bertz CT molecular complexity index is 1010. The van der Waals surface area contributed by atoms with Crippen molar-refractivity contribution in [1.82, 2.24) is 9.69 Å². The molecule has 3 heterocycles. The number of rotatable bonds is 5. The summed E-state index contributed by atoms with van der Waals surface area (Å²) in [6, 6.07) is 0. The van der Waals surface area contributed by atoms with Gasteiger partial charge in [-0.3, -0.25) is 4.79 Å². The first-order valence-electron chi connectivity index (χ1n) is 9.17. The van der Waals surface area contributed by atoms with Crippen LogP contribution in [0.15, 0.2) is 34.8 Å². The zero-order valence-electron chi connectivity index (χ0n) is 15.7. The van der Waals surface area contributed by atoms with Crippen molar-refractivity contribution >= 4 is 34.5 Å². The molecular weight excluding hydrogens is 394 g/mol. The number of carbonyl (C=O) groups is 1. The van der Waals surface area contributed by atoms with Gasteiger partial charge in [0.1, 0.15) is 11.5 Å². The number of hydrogen-bond donors (Lipinski definition) is 2. The Morgan fingerprint density at radius 1 is 1.32 bits per heavy atom. The first-order valence-corrected chi connectivity index (χ1v) is 10.8. The molecule has 1 aliphatic heterocycles. The Morgan fingerprint density at radius 3 is 3.00 bits per heavy atom. The normalized spacial score (nSPS) is 15.6. The highest BCUT2D eigenvalue weighted by molar-refractivity contribution is 7.15. The number of hydrogen-bond acceptors (Lipinski definition) is 7. The third kappa shape index (κ3) is 3.55. The highest BCUT2D eigenvalue weighted by atomic mass is 32.1. The predicted octanol–water partition coefficient (Wildman–Crippen LogP) is 3.40. The van der Waals surface area contributed by atoms with Gasteiger partial charge in [-0.05, 0) is 67.9 Å². The van der Waals surface area contributed by atoms with Gasteiger partial charge in [-0.1, -0.05) is 0 Å². The summed E-state index contributed by atoms with van der Waals surface area (Å²) in [5, 5.41) is 12.4. The van der Waals surface area contributed by atoms with Gasteiger partial charge in [0.15, 0.2) is 5.06 Å². The van der Waals surface area contributed by atoms with Crippen molar-refractivity contribution in [1.29, 1.82) is 0 Å². The van der Waals surface area contributed by atoms with E-state index in [2.05, 4.69) is 21.6 Å². The van der Waals surface area contributed by atoms with Crippen LogP contribution in [0.5, 0.6) is 5.06 Å². The van der Waals surface area contributed by atoms with Gasteiger partial charge in [0, 0.05) is 17.6 Å². The number of aryl methyl sites for hydroxylation is 2. The molecular formula is C20H21N3O3S2. The van der Waals surface area contributed by atoms with Gasteiger partial charge in [-0.2, -0.15) is 0 Å². The van der Waals surface area contributed by atoms with Crippen LogP contribution in [0.3, 0.4) is 0 Å². The topological polar surface area (TPSA) is 83.8 Å². The minimum absolute atomic E-state index is 0.100. The Balaban J connectivity index is 1.60. The maximum absolute atomic E-state index is 12.2. The molecule has 0 spiro atoms. The van der Waals surface area contributed by atoms with Crippen LogP contribution in [0.1, 0.15) is 29.3 Å². The van der Waals surface area contributed by atoms with E-state index in [1.807, 2.05) is 19.2 Å². The number of aliphatic hydroxyl groups is 1. The molecule has 0 radical (unpaired) electrons. The molecule has 0 saturated carbocycles. The number of aliphatic imine (C=N–C) groups is 1. The van der Waals surface area contributed by atoms with E-state index in [1.54, 1.807) is 17.4 Å². The van der Waals surface area contributed by atoms with E-state index in [0.29, 0.717) is 23.6 Å². The number of aliphatic hydroxyl groups excluding tert-OH is 1. The number of carbonyl (C=O) groups excluding carboxylic acids is 1. The Labute approximate surface area is 171 Å². The largest absolute Gasteiger partial charge is 0.444 e. The van der Waals surface area contributed by atoms with E-state index >= 15 is 0 Å². The van der Waals surface area contributed by atoms with E-state index in [-0.39, 0.29) is 19.1 Å². The monoisotopic (exact) mass is 415 g/mol.